The molecule has 0 heterocycles. The summed E-state index contributed by atoms with van der Waals surface area (Å²) in [5, 5.41) is 6.88. The van der Waals surface area contributed by atoms with E-state index in [1.165, 1.54) is 12.8 Å². The van der Waals surface area contributed by atoms with Crippen molar-refractivity contribution in [3.8, 4) is 5.75 Å². The SMILES string of the molecule is C/C=C(C(N)=O)\C(C)=N/C(Nc1ccc(C)c(OC[C@H](CCC)CNCCC)c1)=C(C)C.CC(C)C1CC1. The van der Waals surface area contributed by atoms with Crippen molar-refractivity contribution in [3.05, 3.63) is 46.8 Å². The van der Waals surface area contributed by atoms with Crippen molar-refractivity contribution in [2.24, 2.45) is 28.5 Å². The lowest BCUT2D eigenvalue weighted by Crippen LogP contribution is -2.27. The zero-order valence-corrected chi connectivity index (χ0v) is 25.5. The number of aryl methyl sites for hydroxylation is 1. The van der Waals surface area contributed by atoms with Gasteiger partial charge in [0.25, 0.3) is 0 Å². The van der Waals surface area contributed by atoms with E-state index in [4.69, 9.17) is 10.5 Å². The van der Waals surface area contributed by atoms with Crippen LogP contribution < -0.4 is 21.1 Å². The largest absolute Gasteiger partial charge is 0.493 e. The van der Waals surface area contributed by atoms with Crippen LogP contribution in [0, 0.1) is 24.7 Å². The van der Waals surface area contributed by atoms with E-state index in [1.807, 2.05) is 32.0 Å². The van der Waals surface area contributed by atoms with Crippen LogP contribution in [0.5, 0.6) is 5.75 Å². The fraction of sp³-hybridized carbons (Fsp3) is 0.625. The summed E-state index contributed by atoms with van der Waals surface area (Å²) < 4.78 is 6.23. The molecule has 1 aliphatic carbocycles. The zero-order chi connectivity index (χ0) is 28.7. The van der Waals surface area contributed by atoms with Crippen LogP contribution in [0.3, 0.4) is 0 Å². The number of hydrogen-bond donors (Lipinski definition) is 3. The van der Waals surface area contributed by atoms with Crippen molar-refractivity contribution in [2.75, 3.05) is 25.0 Å². The molecule has 0 saturated heterocycles. The number of nitrogens with one attached hydrogen (secondary N) is 2. The maximum absolute atomic E-state index is 11.6. The first-order valence-corrected chi connectivity index (χ1v) is 14.4. The Labute approximate surface area is 232 Å². The van der Waals surface area contributed by atoms with Crippen molar-refractivity contribution in [3.63, 3.8) is 0 Å². The number of allylic oxidation sites excluding steroid dienone is 2. The summed E-state index contributed by atoms with van der Waals surface area (Å²) >= 11 is 0. The predicted molar refractivity (Wildman–Crippen MR) is 164 cm³/mol. The van der Waals surface area contributed by atoms with E-state index in [0.29, 0.717) is 29.6 Å². The molecule has 1 saturated carbocycles. The van der Waals surface area contributed by atoms with Gasteiger partial charge >= 0.3 is 0 Å². The molecule has 6 nitrogen and oxygen atoms in total. The predicted octanol–water partition coefficient (Wildman–Crippen LogP) is 7.40. The lowest BCUT2D eigenvalue weighted by atomic mass is 10.0. The Morgan fingerprint density at radius 3 is 2.34 bits per heavy atom. The number of carbonyl (C=O) groups excluding carboxylic acids is 1. The van der Waals surface area contributed by atoms with E-state index in [2.05, 4.69) is 50.2 Å². The van der Waals surface area contributed by atoms with Gasteiger partial charge in [-0.1, -0.05) is 46.3 Å². The third-order valence-corrected chi connectivity index (χ3v) is 6.74. The first kappa shape index (κ1) is 33.4. The van der Waals surface area contributed by atoms with Gasteiger partial charge in [-0.05, 0) is 95.9 Å². The van der Waals surface area contributed by atoms with E-state index < -0.39 is 5.91 Å². The number of rotatable bonds is 15. The molecular formula is C32H54N4O2. The number of ether oxygens (including phenoxy) is 1. The van der Waals surface area contributed by atoms with Gasteiger partial charge in [-0.15, -0.1) is 0 Å². The average Bonchev–Trinajstić information content (AvgIpc) is 3.70. The maximum atomic E-state index is 11.6. The van der Waals surface area contributed by atoms with Crippen LogP contribution in [0.25, 0.3) is 0 Å². The van der Waals surface area contributed by atoms with Crippen molar-refractivity contribution in [2.45, 2.75) is 94.4 Å². The highest BCUT2D eigenvalue weighted by Crippen LogP contribution is 2.35. The van der Waals surface area contributed by atoms with E-state index in [-0.39, 0.29) is 0 Å². The van der Waals surface area contributed by atoms with Gasteiger partial charge in [-0.2, -0.15) is 0 Å². The smallest absolute Gasteiger partial charge is 0.250 e. The Hall–Kier alpha value is -2.60. The third kappa shape index (κ3) is 12.8. The number of anilines is 1. The maximum Gasteiger partial charge on any atom is 0.250 e. The lowest BCUT2D eigenvalue weighted by molar-refractivity contribution is -0.114. The summed E-state index contributed by atoms with van der Waals surface area (Å²) in [5.41, 5.74) is 9.43. The number of carbonyl (C=O) groups is 1. The highest BCUT2D eigenvalue weighted by molar-refractivity contribution is 6.20. The fourth-order valence-electron chi connectivity index (χ4n) is 4.10. The van der Waals surface area contributed by atoms with Gasteiger partial charge in [0.05, 0.1) is 17.9 Å². The lowest BCUT2D eigenvalue weighted by Gasteiger charge is -2.19. The minimum atomic E-state index is -0.483. The first-order chi connectivity index (χ1) is 18.0. The van der Waals surface area contributed by atoms with Gasteiger partial charge in [0.2, 0.25) is 5.91 Å². The summed E-state index contributed by atoms with van der Waals surface area (Å²) in [5.74, 6) is 3.62. The molecule has 1 aliphatic rings. The normalized spacial score (nSPS) is 14.5. The molecule has 1 aromatic rings. The van der Waals surface area contributed by atoms with Gasteiger partial charge in [-0.3, -0.25) is 4.79 Å². The fourth-order valence-corrected chi connectivity index (χ4v) is 4.10. The molecule has 0 radical (unpaired) electrons. The van der Waals surface area contributed by atoms with Gasteiger partial charge in [0.1, 0.15) is 11.6 Å². The molecule has 6 heteroatoms. The quantitative estimate of drug-likeness (QED) is 0.126. The molecule has 214 valence electrons. The van der Waals surface area contributed by atoms with Crippen LogP contribution in [-0.4, -0.2) is 31.3 Å². The van der Waals surface area contributed by atoms with Gasteiger partial charge < -0.3 is 21.1 Å². The summed E-state index contributed by atoms with van der Waals surface area (Å²) in [6.07, 6.45) is 8.09. The Bertz CT molecular complexity index is 954. The topological polar surface area (TPSA) is 88.7 Å². The number of nitrogens with zero attached hydrogens (tertiary/aromatic N) is 1. The Morgan fingerprint density at radius 2 is 1.87 bits per heavy atom. The monoisotopic (exact) mass is 526 g/mol. The van der Waals surface area contributed by atoms with Gasteiger partial charge in [0.15, 0.2) is 0 Å². The van der Waals surface area contributed by atoms with Crippen LogP contribution >= 0.6 is 0 Å². The van der Waals surface area contributed by atoms with Crippen molar-refractivity contribution >= 4 is 17.3 Å². The second-order valence-corrected chi connectivity index (χ2v) is 11.0. The summed E-state index contributed by atoms with van der Waals surface area (Å²) in [7, 11) is 0. The molecule has 38 heavy (non-hydrogen) atoms. The molecule has 0 unspecified atom stereocenters. The molecule has 0 spiro atoms. The molecule has 0 aromatic heterocycles. The van der Waals surface area contributed by atoms with Crippen LogP contribution in [0.15, 0.2) is 46.2 Å². The molecule has 0 aliphatic heterocycles. The number of aliphatic imine (C=N–C) groups is 1. The summed E-state index contributed by atoms with van der Waals surface area (Å²) in [4.78, 5) is 16.3. The molecule has 2 rings (SSSR count). The highest BCUT2D eigenvalue weighted by atomic mass is 16.5. The molecule has 4 N–H and O–H groups in total. The Balaban J connectivity index is 0.00000105. The van der Waals surface area contributed by atoms with Crippen molar-refractivity contribution in [1.29, 1.82) is 0 Å². The molecular weight excluding hydrogens is 472 g/mol. The minimum absolute atomic E-state index is 0.414. The first-order valence-electron chi connectivity index (χ1n) is 14.4. The summed E-state index contributed by atoms with van der Waals surface area (Å²) in [6.45, 7) is 21.3. The number of nitrogens with two attached hydrogens (primary N) is 1. The van der Waals surface area contributed by atoms with E-state index >= 15 is 0 Å². The Kier molecular flexibility index (Phi) is 15.7. The molecule has 1 fully saturated rings. The zero-order valence-electron chi connectivity index (χ0n) is 25.5. The van der Waals surface area contributed by atoms with E-state index in [1.54, 1.807) is 19.9 Å². The average molecular weight is 527 g/mol. The molecule has 0 bridgehead atoms. The highest BCUT2D eigenvalue weighted by Gasteiger charge is 2.24. The van der Waals surface area contributed by atoms with Crippen LogP contribution in [0.2, 0.25) is 0 Å². The molecule has 1 amide bonds. The molecule has 1 atom stereocenters. The Morgan fingerprint density at radius 1 is 1.18 bits per heavy atom. The standard InChI is InChI=1S/C26H42N4O2.C6H12/c1-8-11-21(16-28-14-9-2)17-32-24-15-22(13-12-19(24)6)30-26(18(4)5)29-20(7)23(10-3)25(27)31;1-5(2)6-3-4-6/h10,12-13,15,21,28,30H,8-9,11,14,16-17H2,1-7H3,(H2,27,31);5-6H,3-4H2,1-2H3/b23-10+,29-20-;/t21-;/m1./s1. The van der Waals surface area contributed by atoms with Crippen LogP contribution in [0.1, 0.15) is 93.1 Å². The second kappa shape index (κ2) is 17.8. The number of primary amides is 1. The van der Waals surface area contributed by atoms with E-state index in [0.717, 1.165) is 66.8 Å². The van der Waals surface area contributed by atoms with Crippen molar-refractivity contribution in [1.82, 2.24) is 5.32 Å². The van der Waals surface area contributed by atoms with Gasteiger partial charge in [0, 0.05) is 24.2 Å². The molecule has 1 aromatic carbocycles. The number of benzene rings is 1. The van der Waals surface area contributed by atoms with E-state index in [9.17, 15) is 4.79 Å². The van der Waals surface area contributed by atoms with Crippen molar-refractivity contribution < 1.29 is 9.53 Å². The van der Waals surface area contributed by atoms with Gasteiger partial charge in [-0.25, -0.2) is 4.99 Å². The number of amides is 1. The van der Waals surface area contributed by atoms with Crippen LogP contribution in [-0.2, 0) is 4.79 Å². The second-order valence-electron chi connectivity index (χ2n) is 11.0. The minimum Gasteiger partial charge on any atom is -0.493 e. The number of hydrogen-bond acceptors (Lipinski definition) is 5. The van der Waals surface area contributed by atoms with Crippen LogP contribution in [0.4, 0.5) is 5.69 Å². The third-order valence-electron chi connectivity index (χ3n) is 6.74. The summed E-state index contributed by atoms with van der Waals surface area (Å²) in [6, 6.07) is 6.06.